The van der Waals surface area contributed by atoms with Crippen molar-refractivity contribution in [2.45, 2.75) is 64.0 Å². The third kappa shape index (κ3) is 3.45. The minimum Gasteiger partial charge on any atom is -0.468 e. The monoisotopic (exact) mass is 407 g/mol. The maximum Gasteiger partial charge on any atom is 0.326 e. The van der Waals surface area contributed by atoms with E-state index < -0.39 is 29.4 Å². The van der Waals surface area contributed by atoms with Gasteiger partial charge in [-0.2, -0.15) is 0 Å². The van der Waals surface area contributed by atoms with Gasteiger partial charge in [-0.1, -0.05) is 26.2 Å². The van der Waals surface area contributed by atoms with E-state index in [9.17, 15) is 19.2 Å². The maximum atomic E-state index is 13.1. The minimum atomic E-state index is -1.24. The van der Waals surface area contributed by atoms with Gasteiger partial charge in [-0.05, 0) is 26.2 Å². The van der Waals surface area contributed by atoms with Crippen molar-refractivity contribution in [3.8, 4) is 0 Å². The minimum absolute atomic E-state index is 0.0287. The summed E-state index contributed by atoms with van der Waals surface area (Å²) < 4.78 is 5.01. The van der Waals surface area contributed by atoms with Crippen molar-refractivity contribution in [2.24, 2.45) is 17.8 Å². The molecule has 0 aromatic heterocycles. The summed E-state index contributed by atoms with van der Waals surface area (Å²) in [6, 6.07) is -0.465. The molecular weight excluding hydrogens is 374 g/mol. The molecule has 2 aliphatic heterocycles. The van der Waals surface area contributed by atoms with Crippen LogP contribution in [0.25, 0.3) is 0 Å². The number of likely N-dealkylation sites (tertiary alicyclic amines) is 1. The van der Waals surface area contributed by atoms with Crippen LogP contribution in [-0.2, 0) is 23.9 Å². The number of esters is 1. The Morgan fingerprint density at radius 2 is 1.83 bits per heavy atom. The number of hydrogen-bond acceptors (Lipinski definition) is 6. The third-order valence-corrected chi connectivity index (χ3v) is 7.15. The topological polar surface area (TPSA) is 96.0 Å². The second kappa shape index (κ2) is 8.42. The highest BCUT2D eigenvalue weighted by Crippen LogP contribution is 2.45. The Bertz CT molecular complexity index is 690. The van der Waals surface area contributed by atoms with Crippen LogP contribution in [0.3, 0.4) is 0 Å². The summed E-state index contributed by atoms with van der Waals surface area (Å²) in [5.74, 6) is -2.51. The second-order valence-corrected chi connectivity index (χ2v) is 8.52. The molecule has 2 saturated heterocycles. The fraction of sp³-hybridized carbons (Fsp3) is 0.810. The molecule has 3 amide bonds. The van der Waals surface area contributed by atoms with Gasteiger partial charge < -0.3 is 9.64 Å². The first-order chi connectivity index (χ1) is 13.8. The van der Waals surface area contributed by atoms with Crippen molar-refractivity contribution in [2.75, 3.05) is 27.2 Å². The SMILES string of the molecule is CCN(C[C@H]1N[C@@](CC)(C(=O)OC)[C@H]2C(=O)N(C)C(=O)[C@@H]12)C(=O)C1CCCCC1. The van der Waals surface area contributed by atoms with Gasteiger partial charge in [0.25, 0.3) is 0 Å². The Hall–Kier alpha value is -1.96. The van der Waals surface area contributed by atoms with Crippen molar-refractivity contribution in [1.29, 1.82) is 0 Å². The summed E-state index contributed by atoms with van der Waals surface area (Å²) >= 11 is 0. The molecule has 0 bridgehead atoms. The molecule has 0 unspecified atom stereocenters. The number of fused-ring (bicyclic) bond motifs is 1. The number of imide groups is 1. The van der Waals surface area contributed by atoms with E-state index in [-0.39, 0.29) is 23.6 Å². The fourth-order valence-corrected chi connectivity index (χ4v) is 5.48. The molecule has 2 heterocycles. The van der Waals surface area contributed by atoms with E-state index >= 15 is 0 Å². The smallest absolute Gasteiger partial charge is 0.326 e. The zero-order valence-corrected chi connectivity index (χ0v) is 17.9. The van der Waals surface area contributed by atoms with E-state index in [0.717, 1.165) is 30.6 Å². The molecule has 8 nitrogen and oxygen atoms in total. The molecule has 3 fully saturated rings. The molecule has 1 aliphatic carbocycles. The van der Waals surface area contributed by atoms with E-state index in [1.54, 1.807) is 4.90 Å². The molecule has 0 spiro atoms. The summed E-state index contributed by atoms with van der Waals surface area (Å²) in [6.07, 6.45) is 5.44. The summed E-state index contributed by atoms with van der Waals surface area (Å²) in [7, 11) is 2.75. The van der Waals surface area contributed by atoms with Crippen LogP contribution in [0.5, 0.6) is 0 Å². The number of ether oxygens (including phenoxy) is 1. The number of likely N-dealkylation sites (N-methyl/N-ethyl adjacent to an activating group) is 1. The highest BCUT2D eigenvalue weighted by atomic mass is 16.5. The summed E-state index contributed by atoms with van der Waals surface area (Å²) in [6.45, 7) is 4.57. The predicted octanol–water partition coefficient (Wildman–Crippen LogP) is 0.940. The Labute approximate surface area is 172 Å². The fourth-order valence-electron chi connectivity index (χ4n) is 5.48. The molecule has 8 heteroatoms. The third-order valence-electron chi connectivity index (χ3n) is 7.15. The average Bonchev–Trinajstić information content (AvgIpc) is 3.20. The molecule has 0 aromatic rings. The van der Waals surface area contributed by atoms with Gasteiger partial charge in [0.2, 0.25) is 17.7 Å². The van der Waals surface area contributed by atoms with Crippen molar-refractivity contribution >= 4 is 23.7 Å². The predicted molar refractivity (Wildman–Crippen MR) is 106 cm³/mol. The number of carbonyl (C=O) groups excluding carboxylic acids is 4. The number of carbonyl (C=O) groups is 4. The summed E-state index contributed by atoms with van der Waals surface area (Å²) in [4.78, 5) is 54.4. The van der Waals surface area contributed by atoms with Crippen LogP contribution < -0.4 is 5.32 Å². The van der Waals surface area contributed by atoms with E-state index in [1.807, 2.05) is 13.8 Å². The highest BCUT2D eigenvalue weighted by Gasteiger charge is 2.67. The lowest BCUT2D eigenvalue weighted by molar-refractivity contribution is -0.154. The number of nitrogens with zero attached hydrogens (tertiary/aromatic N) is 2. The summed E-state index contributed by atoms with van der Waals surface area (Å²) in [5.41, 5.74) is -1.24. The van der Waals surface area contributed by atoms with Crippen LogP contribution in [0.15, 0.2) is 0 Å². The molecule has 1 saturated carbocycles. The molecular formula is C21H33N3O5. The van der Waals surface area contributed by atoms with E-state index in [4.69, 9.17) is 4.74 Å². The first-order valence-corrected chi connectivity index (χ1v) is 10.8. The van der Waals surface area contributed by atoms with Gasteiger partial charge >= 0.3 is 5.97 Å². The molecule has 3 aliphatic rings. The lowest BCUT2D eigenvalue weighted by Gasteiger charge is -2.33. The van der Waals surface area contributed by atoms with Gasteiger partial charge in [0, 0.05) is 32.1 Å². The van der Waals surface area contributed by atoms with Crippen molar-refractivity contribution in [3.05, 3.63) is 0 Å². The van der Waals surface area contributed by atoms with Gasteiger partial charge in [0.05, 0.1) is 18.9 Å². The van der Waals surface area contributed by atoms with Crippen LogP contribution in [0.2, 0.25) is 0 Å². The molecule has 162 valence electrons. The van der Waals surface area contributed by atoms with Crippen LogP contribution in [0, 0.1) is 17.8 Å². The molecule has 0 radical (unpaired) electrons. The molecule has 4 atom stereocenters. The maximum absolute atomic E-state index is 13.1. The first-order valence-electron chi connectivity index (χ1n) is 10.8. The van der Waals surface area contributed by atoms with Crippen LogP contribution >= 0.6 is 0 Å². The number of methoxy groups -OCH3 is 1. The quantitative estimate of drug-likeness (QED) is 0.520. The van der Waals surface area contributed by atoms with E-state index in [2.05, 4.69) is 5.32 Å². The van der Waals surface area contributed by atoms with E-state index in [1.165, 1.54) is 20.6 Å². The van der Waals surface area contributed by atoms with Gasteiger partial charge in [-0.3, -0.25) is 29.4 Å². The van der Waals surface area contributed by atoms with Crippen molar-refractivity contribution in [3.63, 3.8) is 0 Å². The number of rotatable bonds is 6. The number of hydrogen-bond donors (Lipinski definition) is 1. The van der Waals surface area contributed by atoms with Crippen molar-refractivity contribution in [1.82, 2.24) is 15.1 Å². The Balaban J connectivity index is 1.88. The van der Waals surface area contributed by atoms with Crippen molar-refractivity contribution < 1.29 is 23.9 Å². The van der Waals surface area contributed by atoms with Gasteiger partial charge in [0.15, 0.2) is 0 Å². The highest BCUT2D eigenvalue weighted by molar-refractivity contribution is 6.09. The normalized spacial score (nSPS) is 32.4. The van der Waals surface area contributed by atoms with Crippen LogP contribution in [0.1, 0.15) is 52.4 Å². The van der Waals surface area contributed by atoms with Crippen LogP contribution in [-0.4, -0.2) is 72.3 Å². The lowest BCUT2D eigenvalue weighted by atomic mass is 9.78. The number of amides is 3. The number of nitrogens with one attached hydrogen (secondary N) is 1. The zero-order valence-electron chi connectivity index (χ0n) is 17.9. The second-order valence-electron chi connectivity index (χ2n) is 8.52. The largest absolute Gasteiger partial charge is 0.468 e. The molecule has 29 heavy (non-hydrogen) atoms. The van der Waals surface area contributed by atoms with Crippen LogP contribution in [0.4, 0.5) is 0 Å². The Morgan fingerprint density at radius 3 is 2.38 bits per heavy atom. The van der Waals surface area contributed by atoms with Gasteiger partial charge in [0.1, 0.15) is 5.54 Å². The first kappa shape index (κ1) is 21.7. The molecule has 3 rings (SSSR count). The van der Waals surface area contributed by atoms with E-state index in [0.29, 0.717) is 19.5 Å². The molecule has 0 aromatic carbocycles. The average molecular weight is 408 g/mol. The standard InChI is InChI=1S/C21H33N3O5/c1-5-21(20(28)29-4)16-15(18(26)23(3)19(16)27)14(22-21)12-24(6-2)17(25)13-10-8-7-9-11-13/h13-16,22H,5-12H2,1-4H3/t14-,15+,16-,21-/m1/s1. The Morgan fingerprint density at radius 1 is 1.17 bits per heavy atom. The van der Waals surface area contributed by atoms with Gasteiger partial charge in [-0.15, -0.1) is 0 Å². The zero-order chi connectivity index (χ0) is 21.3. The summed E-state index contributed by atoms with van der Waals surface area (Å²) in [5, 5.41) is 3.27. The van der Waals surface area contributed by atoms with Gasteiger partial charge in [-0.25, -0.2) is 0 Å². The molecule has 1 N–H and O–H groups in total. The Kier molecular flexibility index (Phi) is 6.31. The lowest BCUT2D eigenvalue weighted by Crippen LogP contribution is -2.58.